The van der Waals surface area contributed by atoms with Gasteiger partial charge in [0.25, 0.3) is 0 Å². The molecule has 0 spiro atoms. The van der Waals surface area contributed by atoms with Crippen LogP contribution in [0.25, 0.3) is 110 Å². The molecule has 0 fully saturated rings. The average molecular weight is 860 g/mol. The van der Waals surface area contributed by atoms with Crippen LogP contribution in [-0.4, -0.2) is 0 Å². The first kappa shape index (κ1) is 37.7. The Morgan fingerprint density at radius 1 is 0.299 bits per heavy atom. The van der Waals surface area contributed by atoms with Crippen molar-refractivity contribution in [1.82, 2.24) is 0 Å². The Kier molecular flexibility index (Phi) is 8.00. The van der Waals surface area contributed by atoms with Crippen molar-refractivity contribution >= 4 is 82.9 Å². The van der Waals surface area contributed by atoms with Crippen molar-refractivity contribution in [2.75, 3.05) is 4.90 Å². The predicted molar refractivity (Wildman–Crippen MR) is 277 cm³/mol. The maximum absolute atomic E-state index is 6.51. The number of nitrogens with zero attached hydrogens (tertiary/aromatic N) is 1. The van der Waals surface area contributed by atoms with Crippen LogP contribution in [0.15, 0.2) is 226 Å². The maximum Gasteiger partial charge on any atom is 0.143 e. The summed E-state index contributed by atoms with van der Waals surface area (Å²) in [5.41, 5.74) is 20.5. The molecule has 4 heteroatoms. The van der Waals surface area contributed by atoms with Gasteiger partial charge in [-0.25, -0.2) is 0 Å². The molecule has 1 aliphatic rings. The van der Waals surface area contributed by atoms with Crippen molar-refractivity contribution in [3.05, 3.63) is 223 Å². The summed E-state index contributed by atoms with van der Waals surface area (Å²) in [5.74, 6) is 0. The third kappa shape index (κ3) is 5.79. The van der Waals surface area contributed by atoms with Gasteiger partial charge in [-0.15, -0.1) is 0 Å². The molecule has 0 radical (unpaired) electrons. The number of rotatable bonds is 6. The molecule has 0 unspecified atom stereocenters. The number of furan rings is 3. The predicted octanol–water partition coefficient (Wildman–Crippen LogP) is 18.2. The molecule has 3 aromatic heterocycles. The molecule has 13 aromatic rings. The molecular weight excluding hydrogens is 819 g/mol. The molecule has 4 nitrogen and oxygen atoms in total. The van der Waals surface area contributed by atoms with Crippen molar-refractivity contribution in [3.63, 3.8) is 0 Å². The van der Waals surface area contributed by atoms with E-state index in [0.29, 0.717) is 0 Å². The average Bonchev–Trinajstić information content (AvgIpc) is 4.12. The molecule has 14 rings (SSSR count). The molecular formula is C63H41NO3. The third-order valence-corrected chi connectivity index (χ3v) is 14.3. The number of anilines is 3. The Hall–Kier alpha value is -8.60. The largest absolute Gasteiger partial charge is 0.456 e. The Bertz CT molecular complexity index is 3970. The standard InChI is InChI=1S/C63H41NO3/c1-63(2)55-36-42(46-13-9-14-52-49-10-3-8-17-59(49)67-62(46)52)22-30-47(55)48-31-29-45(37-56(48)63)64(43-25-18-38(19-26-43)40-23-32-60-53(34-40)50-11-4-6-15-57(50)65-60)44-27-20-39(21-28-44)41-24-33-61-54(35-41)51-12-5-7-16-58(51)66-61/h3-37H,1-2H3. The molecule has 0 N–H and O–H groups in total. The van der Waals surface area contributed by atoms with Crippen LogP contribution in [0, 0.1) is 0 Å². The molecule has 0 bridgehead atoms. The second-order valence-corrected chi connectivity index (χ2v) is 18.4. The number of para-hydroxylation sites is 4. The van der Waals surface area contributed by atoms with Gasteiger partial charge in [0.05, 0.1) is 0 Å². The summed E-state index contributed by atoms with van der Waals surface area (Å²) in [5, 5.41) is 6.79. The van der Waals surface area contributed by atoms with Gasteiger partial charge in [0.15, 0.2) is 0 Å². The van der Waals surface area contributed by atoms with E-state index in [9.17, 15) is 0 Å². The Labute approximate surface area is 386 Å². The molecule has 1 aliphatic carbocycles. The van der Waals surface area contributed by atoms with Crippen molar-refractivity contribution in [2.45, 2.75) is 19.3 Å². The van der Waals surface area contributed by atoms with Gasteiger partial charge in [-0.3, -0.25) is 0 Å². The zero-order valence-electron chi connectivity index (χ0n) is 36.9. The molecule has 0 saturated heterocycles. The number of benzene rings is 10. The van der Waals surface area contributed by atoms with Crippen LogP contribution in [0.1, 0.15) is 25.0 Å². The fourth-order valence-corrected chi connectivity index (χ4v) is 10.9. The van der Waals surface area contributed by atoms with Crippen molar-refractivity contribution in [2.24, 2.45) is 0 Å². The highest BCUT2D eigenvalue weighted by atomic mass is 16.3. The van der Waals surface area contributed by atoms with Crippen LogP contribution in [0.5, 0.6) is 0 Å². The molecule has 3 heterocycles. The first-order chi connectivity index (χ1) is 32.9. The summed E-state index contributed by atoms with van der Waals surface area (Å²) in [6.45, 7) is 4.72. The summed E-state index contributed by atoms with van der Waals surface area (Å²) in [4.78, 5) is 2.39. The van der Waals surface area contributed by atoms with Crippen LogP contribution < -0.4 is 4.90 Å². The molecule has 67 heavy (non-hydrogen) atoms. The summed E-state index contributed by atoms with van der Waals surface area (Å²) in [6, 6.07) is 76.2. The zero-order valence-corrected chi connectivity index (χ0v) is 36.9. The lowest BCUT2D eigenvalue weighted by molar-refractivity contribution is 0.660. The number of hydrogen-bond acceptors (Lipinski definition) is 4. The van der Waals surface area contributed by atoms with E-state index >= 15 is 0 Å². The van der Waals surface area contributed by atoms with Gasteiger partial charge in [0, 0.05) is 60.4 Å². The number of hydrogen-bond donors (Lipinski definition) is 0. The molecule has 0 amide bonds. The van der Waals surface area contributed by atoms with E-state index in [1.54, 1.807) is 0 Å². The van der Waals surface area contributed by atoms with E-state index in [4.69, 9.17) is 13.3 Å². The first-order valence-electron chi connectivity index (χ1n) is 23.0. The fourth-order valence-electron chi connectivity index (χ4n) is 10.9. The summed E-state index contributed by atoms with van der Waals surface area (Å²) in [6.07, 6.45) is 0. The van der Waals surface area contributed by atoms with E-state index in [1.807, 2.05) is 30.3 Å². The highest BCUT2D eigenvalue weighted by Gasteiger charge is 2.36. The minimum Gasteiger partial charge on any atom is -0.456 e. The smallest absolute Gasteiger partial charge is 0.143 e. The second-order valence-electron chi connectivity index (χ2n) is 18.4. The zero-order chi connectivity index (χ0) is 44.4. The maximum atomic E-state index is 6.51. The normalized spacial score (nSPS) is 13.0. The van der Waals surface area contributed by atoms with Gasteiger partial charge in [0.2, 0.25) is 0 Å². The lowest BCUT2D eigenvalue weighted by Crippen LogP contribution is -2.16. The van der Waals surface area contributed by atoms with Gasteiger partial charge in [-0.05, 0) is 135 Å². The first-order valence-corrected chi connectivity index (χ1v) is 23.0. The SMILES string of the molecule is CC1(C)c2cc(-c3cccc4c3oc3ccccc34)ccc2-c2ccc(N(c3ccc(-c4ccc5oc6ccccc6c5c4)cc3)c3ccc(-c4ccc5oc6ccccc6c5c4)cc3)cc21. The van der Waals surface area contributed by atoms with Gasteiger partial charge in [0.1, 0.15) is 33.5 Å². The van der Waals surface area contributed by atoms with Crippen LogP contribution in [0.4, 0.5) is 17.1 Å². The monoisotopic (exact) mass is 859 g/mol. The molecule has 10 aromatic carbocycles. The second kappa shape index (κ2) is 14.2. The van der Waals surface area contributed by atoms with E-state index in [-0.39, 0.29) is 5.41 Å². The van der Waals surface area contributed by atoms with Gasteiger partial charge >= 0.3 is 0 Å². The topological polar surface area (TPSA) is 42.7 Å². The third-order valence-electron chi connectivity index (χ3n) is 14.3. The van der Waals surface area contributed by atoms with E-state index in [2.05, 4.69) is 201 Å². The summed E-state index contributed by atoms with van der Waals surface area (Å²) in [7, 11) is 0. The Balaban J connectivity index is 0.862. The summed E-state index contributed by atoms with van der Waals surface area (Å²) >= 11 is 0. The van der Waals surface area contributed by atoms with Crippen molar-refractivity contribution < 1.29 is 13.3 Å². The van der Waals surface area contributed by atoms with Crippen LogP contribution in [0.3, 0.4) is 0 Å². The highest BCUT2D eigenvalue weighted by Crippen LogP contribution is 2.52. The lowest BCUT2D eigenvalue weighted by atomic mass is 9.81. The fraction of sp³-hybridized carbons (Fsp3) is 0.0476. The van der Waals surface area contributed by atoms with Crippen LogP contribution in [-0.2, 0) is 5.41 Å². The lowest BCUT2D eigenvalue weighted by Gasteiger charge is -2.28. The minimum absolute atomic E-state index is 0.260. The molecule has 0 atom stereocenters. The van der Waals surface area contributed by atoms with Gasteiger partial charge in [-0.2, -0.15) is 0 Å². The quantitative estimate of drug-likeness (QED) is 0.167. The van der Waals surface area contributed by atoms with Gasteiger partial charge < -0.3 is 18.2 Å². The van der Waals surface area contributed by atoms with Crippen molar-refractivity contribution in [1.29, 1.82) is 0 Å². The molecule has 0 saturated carbocycles. The Morgan fingerprint density at radius 2 is 0.731 bits per heavy atom. The molecule has 316 valence electrons. The van der Waals surface area contributed by atoms with Crippen LogP contribution >= 0.6 is 0 Å². The number of fused-ring (bicyclic) bond motifs is 12. The highest BCUT2D eigenvalue weighted by molar-refractivity contribution is 6.10. The summed E-state index contributed by atoms with van der Waals surface area (Å²) < 4.78 is 18.8. The van der Waals surface area contributed by atoms with Crippen molar-refractivity contribution in [3.8, 4) is 44.5 Å². The van der Waals surface area contributed by atoms with E-state index in [1.165, 1.54) is 22.3 Å². The van der Waals surface area contributed by atoms with E-state index < -0.39 is 0 Å². The van der Waals surface area contributed by atoms with Crippen LogP contribution in [0.2, 0.25) is 0 Å². The van der Waals surface area contributed by atoms with E-state index in [0.717, 1.165) is 116 Å². The van der Waals surface area contributed by atoms with Gasteiger partial charge in [-0.1, -0.05) is 141 Å². The Morgan fingerprint density at radius 3 is 1.31 bits per heavy atom. The molecule has 0 aliphatic heterocycles. The minimum atomic E-state index is -0.260.